The molecule has 0 aliphatic rings. The van der Waals surface area contributed by atoms with Gasteiger partial charge in [0.25, 0.3) is 0 Å². The molecule has 0 unspecified atom stereocenters. The summed E-state index contributed by atoms with van der Waals surface area (Å²) in [6.07, 6.45) is 5.35. The highest BCUT2D eigenvalue weighted by Gasteiger charge is 2.06. The van der Waals surface area contributed by atoms with Crippen molar-refractivity contribution in [2.24, 2.45) is 0 Å². The molecule has 0 amide bonds. The molecule has 2 heterocycles. The van der Waals surface area contributed by atoms with Gasteiger partial charge in [0.2, 0.25) is 0 Å². The molecule has 0 saturated heterocycles. The van der Waals surface area contributed by atoms with Crippen LogP contribution < -0.4 is 0 Å². The first-order valence-corrected chi connectivity index (χ1v) is 4.93. The van der Waals surface area contributed by atoms with E-state index in [2.05, 4.69) is 11.9 Å². The smallest absolute Gasteiger partial charge is 0.166 e. The maximum absolute atomic E-state index is 10.8. The van der Waals surface area contributed by atoms with Crippen LogP contribution in [0.2, 0.25) is 0 Å². The second kappa shape index (κ2) is 4.09. The van der Waals surface area contributed by atoms with E-state index < -0.39 is 0 Å². The molecule has 0 aliphatic carbocycles. The summed E-state index contributed by atoms with van der Waals surface area (Å²) in [7, 11) is 0. The molecule has 0 N–H and O–H groups in total. The Bertz CT molecular complexity index is 474. The second-order valence-electron chi connectivity index (χ2n) is 3.24. The van der Waals surface area contributed by atoms with E-state index in [-0.39, 0.29) is 0 Å². The van der Waals surface area contributed by atoms with Gasteiger partial charge in [-0.05, 0) is 30.7 Å². The Morgan fingerprint density at radius 2 is 2.27 bits per heavy atom. The molecule has 0 atom stereocenters. The highest BCUT2D eigenvalue weighted by molar-refractivity contribution is 5.73. The highest BCUT2D eigenvalue weighted by Crippen LogP contribution is 2.15. The van der Waals surface area contributed by atoms with Crippen LogP contribution >= 0.6 is 0 Å². The molecule has 0 aromatic carbocycles. The van der Waals surface area contributed by atoms with Crippen LogP contribution in [0.25, 0.3) is 5.69 Å². The number of aromatic nitrogens is 2. The predicted octanol–water partition coefficient (Wildman–Crippen LogP) is 2.25. The lowest BCUT2D eigenvalue weighted by molar-refractivity contribution is 0.111. The van der Waals surface area contributed by atoms with E-state index in [9.17, 15) is 4.79 Å². The van der Waals surface area contributed by atoms with E-state index in [1.165, 1.54) is 0 Å². The first-order valence-electron chi connectivity index (χ1n) is 4.93. The van der Waals surface area contributed by atoms with Crippen molar-refractivity contribution in [3.8, 4) is 5.69 Å². The number of nitrogens with zero attached hydrogens (tertiary/aromatic N) is 2. The Labute approximate surface area is 88.4 Å². The van der Waals surface area contributed by atoms with Gasteiger partial charge in [-0.2, -0.15) is 0 Å². The van der Waals surface area contributed by atoms with Crippen LogP contribution in [0.1, 0.15) is 23.1 Å². The van der Waals surface area contributed by atoms with Crippen molar-refractivity contribution in [2.75, 3.05) is 0 Å². The Hall–Kier alpha value is -1.90. The van der Waals surface area contributed by atoms with Crippen molar-refractivity contribution in [1.29, 1.82) is 0 Å². The Morgan fingerprint density at radius 3 is 3.00 bits per heavy atom. The summed E-state index contributed by atoms with van der Waals surface area (Å²) in [5.41, 5.74) is 2.63. The lowest BCUT2D eigenvalue weighted by Gasteiger charge is -2.09. The minimum atomic E-state index is 0.651. The minimum Gasteiger partial charge on any atom is -0.312 e. The summed E-state index contributed by atoms with van der Waals surface area (Å²) in [4.78, 5) is 15.1. The van der Waals surface area contributed by atoms with E-state index >= 15 is 0 Å². The van der Waals surface area contributed by atoms with Crippen LogP contribution in [0.3, 0.4) is 0 Å². The molecule has 0 radical (unpaired) electrons. The molecule has 3 nitrogen and oxygen atoms in total. The number of carbonyl (C=O) groups excluding carboxylic acids is 1. The fraction of sp³-hybridized carbons (Fsp3) is 0.167. The van der Waals surface area contributed by atoms with Gasteiger partial charge >= 0.3 is 0 Å². The molecular weight excluding hydrogens is 188 g/mol. The van der Waals surface area contributed by atoms with E-state index in [1.54, 1.807) is 12.3 Å². The predicted molar refractivity (Wildman–Crippen MR) is 58.3 cm³/mol. The third-order valence-electron chi connectivity index (χ3n) is 2.36. The molecule has 2 rings (SSSR count). The largest absolute Gasteiger partial charge is 0.312 e. The van der Waals surface area contributed by atoms with Crippen LogP contribution in [0.15, 0.2) is 36.7 Å². The standard InChI is InChI=1S/C12H12N2O/c1-2-11-12(6-3-7-13-11)14-8-4-5-10(14)9-15/h3-9H,2H2,1H3. The van der Waals surface area contributed by atoms with Crippen LogP contribution in [-0.2, 0) is 6.42 Å². The SMILES string of the molecule is CCc1ncccc1-n1cccc1C=O. The monoisotopic (exact) mass is 200 g/mol. The van der Waals surface area contributed by atoms with Crippen molar-refractivity contribution in [3.05, 3.63) is 48.0 Å². The molecule has 0 bridgehead atoms. The number of pyridine rings is 1. The van der Waals surface area contributed by atoms with Gasteiger partial charge in [0, 0.05) is 12.4 Å². The zero-order valence-electron chi connectivity index (χ0n) is 8.55. The average Bonchev–Trinajstić information content (AvgIpc) is 2.76. The molecule has 15 heavy (non-hydrogen) atoms. The molecule has 3 heteroatoms. The third kappa shape index (κ3) is 1.68. The van der Waals surface area contributed by atoms with Crippen molar-refractivity contribution < 1.29 is 4.79 Å². The van der Waals surface area contributed by atoms with E-state index in [0.717, 1.165) is 24.1 Å². The van der Waals surface area contributed by atoms with Crippen LogP contribution in [-0.4, -0.2) is 15.8 Å². The zero-order valence-corrected chi connectivity index (χ0v) is 8.55. The third-order valence-corrected chi connectivity index (χ3v) is 2.36. The summed E-state index contributed by atoms with van der Waals surface area (Å²) >= 11 is 0. The van der Waals surface area contributed by atoms with Crippen molar-refractivity contribution in [2.45, 2.75) is 13.3 Å². The molecule has 0 saturated carbocycles. The van der Waals surface area contributed by atoms with E-state index in [0.29, 0.717) is 5.69 Å². The lowest BCUT2D eigenvalue weighted by Crippen LogP contribution is -2.02. The van der Waals surface area contributed by atoms with Gasteiger partial charge in [-0.1, -0.05) is 6.92 Å². The number of aryl methyl sites for hydroxylation is 1. The van der Waals surface area contributed by atoms with Gasteiger partial charge in [-0.15, -0.1) is 0 Å². The fourth-order valence-corrected chi connectivity index (χ4v) is 1.63. The number of rotatable bonds is 3. The number of carbonyl (C=O) groups is 1. The molecule has 76 valence electrons. The molecule has 0 fully saturated rings. The van der Waals surface area contributed by atoms with Crippen LogP contribution in [0, 0.1) is 0 Å². The van der Waals surface area contributed by atoms with Gasteiger partial charge in [0.05, 0.1) is 17.1 Å². The molecular formula is C12H12N2O. The topological polar surface area (TPSA) is 34.9 Å². The van der Waals surface area contributed by atoms with E-state index in [4.69, 9.17) is 0 Å². The lowest BCUT2D eigenvalue weighted by atomic mass is 10.2. The maximum atomic E-state index is 10.8. The maximum Gasteiger partial charge on any atom is 0.166 e. The van der Waals surface area contributed by atoms with Crippen molar-refractivity contribution in [3.63, 3.8) is 0 Å². The summed E-state index contributed by atoms with van der Waals surface area (Å²) in [5.74, 6) is 0. The van der Waals surface area contributed by atoms with Crippen LogP contribution in [0.4, 0.5) is 0 Å². The molecule has 2 aromatic rings. The highest BCUT2D eigenvalue weighted by atomic mass is 16.1. The number of aldehydes is 1. The molecule has 2 aromatic heterocycles. The zero-order chi connectivity index (χ0) is 10.7. The normalized spacial score (nSPS) is 10.2. The summed E-state index contributed by atoms with van der Waals surface area (Å²) < 4.78 is 1.86. The average molecular weight is 200 g/mol. The van der Waals surface area contributed by atoms with E-state index in [1.807, 2.05) is 29.0 Å². The Balaban J connectivity index is 2.58. The minimum absolute atomic E-state index is 0.651. The Kier molecular flexibility index (Phi) is 2.63. The molecule has 0 aliphatic heterocycles. The quantitative estimate of drug-likeness (QED) is 0.712. The van der Waals surface area contributed by atoms with Gasteiger partial charge in [0.1, 0.15) is 0 Å². The van der Waals surface area contributed by atoms with Crippen molar-refractivity contribution in [1.82, 2.24) is 9.55 Å². The number of hydrogen-bond donors (Lipinski definition) is 0. The van der Waals surface area contributed by atoms with Gasteiger partial charge in [-0.25, -0.2) is 0 Å². The Morgan fingerprint density at radius 1 is 1.40 bits per heavy atom. The molecule has 0 spiro atoms. The van der Waals surface area contributed by atoms with Gasteiger partial charge in [-0.3, -0.25) is 9.78 Å². The summed E-state index contributed by atoms with van der Waals surface area (Å²) in [6.45, 7) is 2.05. The first kappa shape index (κ1) is 9.65. The fourth-order valence-electron chi connectivity index (χ4n) is 1.63. The number of hydrogen-bond acceptors (Lipinski definition) is 2. The van der Waals surface area contributed by atoms with Crippen LogP contribution in [0.5, 0.6) is 0 Å². The van der Waals surface area contributed by atoms with Gasteiger partial charge < -0.3 is 4.57 Å². The summed E-state index contributed by atoms with van der Waals surface area (Å²) in [5, 5.41) is 0. The van der Waals surface area contributed by atoms with Crippen molar-refractivity contribution >= 4 is 6.29 Å². The summed E-state index contributed by atoms with van der Waals surface area (Å²) in [6, 6.07) is 7.50. The second-order valence-corrected chi connectivity index (χ2v) is 3.24. The first-order chi connectivity index (χ1) is 7.36. The van der Waals surface area contributed by atoms with Gasteiger partial charge in [0.15, 0.2) is 6.29 Å².